The zero-order chi connectivity index (χ0) is 26.5. The molecule has 0 atom stereocenters. The Hall–Kier alpha value is -3.83. The van der Waals surface area contributed by atoms with Crippen LogP contribution in [0.25, 0.3) is 26.5 Å². The van der Waals surface area contributed by atoms with Crippen LogP contribution in [0.3, 0.4) is 0 Å². The maximum Gasteiger partial charge on any atom is 0.227 e. The number of halogens is 1. The molecule has 5 nitrogen and oxygen atoms in total. The fraction of sp³-hybridized carbons (Fsp3) is 0.100. The van der Waals surface area contributed by atoms with Crippen molar-refractivity contribution in [2.24, 2.45) is 0 Å². The molecule has 2 aromatic heterocycles. The van der Waals surface area contributed by atoms with Crippen LogP contribution in [0.15, 0.2) is 89.3 Å². The van der Waals surface area contributed by atoms with Crippen molar-refractivity contribution in [3.63, 3.8) is 0 Å². The van der Waals surface area contributed by atoms with E-state index in [9.17, 15) is 0 Å². The number of hydrogen-bond donors (Lipinski definition) is 1. The summed E-state index contributed by atoms with van der Waals surface area (Å²) in [5.74, 6) is 2.05. The number of methoxy groups -OCH3 is 1. The van der Waals surface area contributed by atoms with Gasteiger partial charge < -0.3 is 10.1 Å². The highest BCUT2D eigenvalue weighted by Gasteiger charge is 2.24. The van der Waals surface area contributed by atoms with Crippen LogP contribution >= 0.6 is 34.7 Å². The zero-order valence-corrected chi connectivity index (χ0v) is 23.1. The predicted molar refractivity (Wildman–Crippen MR) is 159 cm³/mol. The molecule has 188 valence electrons. The summed E-state index contributed by atoms with van der Waals surface area (Å²) < 4.78 is 6.22. The van der Waals surface area contributed by atoms with Crippen molar-refractivity contribution in [1.29, 1.82) is 0 Å². The Morgan fingerprint density at radius 3 is 2.55 bits per heavy atom. The van der Waals surface area contributed by atoms with Crippen LogP contribution < -0.4 is 10.1 Å². The summed E-state index contributed by atoms with van der Waals surface area (Å²) in [5, 5.41) is 3.91. The van der Waals surface area contributed by atoms with E-state index in [1.54, 1.807) is 30.2 Å². The highest BCUT2D eigenvalue weighted by atomic mass is 35.5. The fourth-order valence-electron chi connectivity index (χ4n) is 3.93. The van der Waals surface area contributed by atoms with E-state index in [0.717, 1.165) is 54.2 Å². The van der Waals surface area contributed by atoms with E-state index in [0.29, 0.717) is 16.7 Å². The Morgan fingerprint density at radius 1 is 1.05 bits per heavy atom. The molecule has 0 bridgehead atoms. The minimum Gasteiger partial charge on any atom is -0.497 e. The summed E-state index contributed by atoms with van der Waals surface area (Å²) in [6, 6.07) is 25.5. The van der Waals surface area contributed by atoms with E-state index in [4.69, 9.17) is 27.9 Å². The van der Waals surface area contributed by atoms with Crippen LogP contribution in [0.2, 0.25) is 5.02 Å². The molecule has 5 aromatic rings. The number of aryl methyl sites for hydroxylation is 1. The van der Waals surface area contributed by atoms with Gasteiger partial charge in [0.2, 0.25) is 11.6 Å². The Morgan fingerprint density at radius 2 is 1.84 bits per heavy atom. The maximum absolute atomic E-state index is 8.11. The molecule has 0 aliphatic carbocycles. The molecule has 0 saturated heterocycles. The van der Waals surface area contributed by atoms with Gasteiger partial charge in [-0.3, -0.25) is 0 Å². The van der Waals surface area contributed by atoms with Gasteiger partial charge in [0.15, 0.2) is 0 Å². The summed E-state index contributed by atoms with van der Waals surface area (Å²) in [6.45, 7) is 10.1. The van der Waals surface area contributed by atoms with Gasteiger partial charge in [-0.15, -0.1) is 23.1 Å². The van der Waals surface area contributed by atoms with E-state index >= 15 is 0 Å². The number of ether oxygens (including phenoxy) is 1. The van der Waals surface area contributed by atoms with Gasteiger partial charge in [-0.2, -0.15) is 0 Å². The first kappa shape index (κ1) is 25.8. The van der Waals surface area contributed by atoms with Gasteiger partial charge in [0.05, 0.1) is 28.5 Å². The highest BCUT2D eigenvalue weighted by Crippen LogP contribution is 2.52. The number of para-hydroxylation sites is 1. The topological polar surface area (TPSA) is 51.4 Å². The number of aromatic nitrogens is 2. The van der Waals surface area contributed by atoms with E-state index in [-0.39, 0.29) is 0 Å². The Balaban J connectivity index is 1.59. The van der Waals surface area contributed by atoms with E-state index in [2.05, 4.69) is 15.1 Å². The first-order chi connectivity index (χ1) is 18.6. The van der Waals surface area contributed by atoms with Crippen molar-refractivity contribution in [1.82, 2.24) is 9.97 Å². The minimum atomic E-state index is 0.499. The van der Waals surface area contributed by atoms with Crippen molar-refractivity contribution in [3.8, 4) is 27.4 Å². The molecular weight excluding hydrogens is 532 g/mol. The Kier molecular flexibility index (Phi) is 7.94. The van der Waals surface area contributed by atoms with Crippen molar-refractivity contribution in [2.75, 3.05) is 12.4 Å². The van der Waals surface area contributed by atoms with E-state index < -0.39 is 0 Å². The molecular formula is C30H23ClN4OS2. The molecule has 0 unspecified atom stereocenters. The Labute approximate surface area is 235 Å². The lowest BCUT2D eigenvalue weighted by Crippen LogP contribution is -1.99. The average molecular weight is 555 g/mol. The van der Waals surface area contributed by atoms with E-state index in [1.807, 2.05) is 92.0 Å². The monoisotopic (exact) mass is 554 g/mol. The second-order valence-corrected chi connectivity index (χ2v) is 11.1. The van der Waals surface area contributed by atoms with Gasteiger partial charge in [0.1, 0.15) is 5.75 Å². The first-order valence-corrected chi connectivity index (χ1v) is 14.0. The third-order valence-electron chi connectivity index (χ3n) is 5.82. The van der Waals surface area contributed by atoms with Crippen LogP contribution in [-0.2, 0) is 5.75 Å². The maximum atomic E-state index is 8.11. The van der Waals surface area contributed by atoms with Crippen molar-refractivity contribution < 1.29 is 4.74 Å². The van der Waals surface area contributed by atoms with Crippen LogP contribution in [0, 0.1) is 13.5 Å². The number of nitrogens with zero attached hydrogens (tertiary/aromatic N) is 3. The molecule has 0 amide bonds. The number of thiophene rings is 1. The molecule has 0 fully saturated rings. The van der Waals surface area contributed by atoms with Gasteiger partial charge in [-0.05, 0) is 60.0 Å². The lowest BCUT2D eigenvalue weighted by molar-refractivity contribution is 0.414. The summed E-state index contributed by atoms with van der Waals surface area (Å²) in [6.07, 6.45) is 1.82. The van der Waals surface area contributed by atoms with Gasteiger partial charge >= 0.3 is 0 Å². The zero-order valence-electron chi connectivity index (χ0n) is 20.7. The molecule has 0 saturated carbocycles. The quantitative estimate of drug-likeness (QED) is 0.153. The number of hydrogen-bond acceptors (Lipinski definition) is 6. The molecule has 0 spiro atoms. The van der Waals surface area contributed by atoms with Crippen LogP contribution in [0.1, 0.15) is 11.1 Å². The van der Waals surface area contributed by atoms with Crippen molar-refractivity contribution in [2.45, 2.75) is 16.9 Å². The minimum absolute atomic E-state index is 0.499. The summed E-state index contributed by atoms with van der Waals surface area (Å²) in [4.78, 5) is 14.3. The second kappa shape index (κ2) is 11.7. The van der Waals surface area contributed by atoms with E-state index in [1.165, 1.54) is 0 Å². The average Bonchev–Trinajstić information content (AvgIpc) is 3.32. The number of benzene rings is 3. The number of rotatable bonds is 8. The summed E-state index contributed by atoms with van der Waals surface area (Å²) in [5.41, 5.74) is 6.12. The summed E-state index contributed by atoms with van der Waals surface area (Å²) in [7, 11) is 1.66. The second-order valence-electron chi connectivity index (χ2n) is 8.42. The standard InChI is InChI=1S/C30H23ClN4OS2/c1-19-17-33-30(34-23-10-5-4-6-11-23)35-26(19)28-25(21-8-7-9-22(31)16-21)27(32-2)29(38-28)37-18-20-12-14-24(36-3)15-13-20/h4-17H,18H2,1,3H3,(H,33,34,35). The largest absolute Gasteiger partial charge is 0.497 e. The van der Waals surface area contributed by atoms with Crippen LogP contribution in [0.4, 0.5) is 17.3 Å². The molecule has 0 aliphatic heterocycles. The molecule has 38 heavy (non-hydrogen) atoms. The number of anilines is 2. The van der Waals surface area contributed by atoms with Crippen LogP contribution in [0.5, 0.6) is 5.75 Å². The summed E-state index contributed by atoms with van der Waals surface area (Å²) >= 11 is 9.62. The normalized spacial score (nSPS) is 10.7. The third-order valence-corrected chi connectivity index (χ3v) is 8.57. The number of nitrogens with one attached hydrogen (secondary N) is 1. The fourth-order valence-corrected chi connectivity index (χ4v) is 6.61. The molecule has 2 heterocycles. The molecule has 0 radical (unpaired) electrons. The van der Waals surface area contributed by atoms with Gasteiger partial charge in [0, 0.05) is 28.2 Å². The van der Waals surface area contributed by atoms with Gasteiger partial charge in [-0.1, -0.05) is 54.1 Å². The lowest BCUT2D eigenvalue weighted by atomic mass is 10.0. The molecule has 0 aliphatic rings. The molecule has 1 N–H and O–H groups in total. The van der Waals surface area contributed by atoms with Crippen LogP contribution in [-0.4, -0.2) is 17.1 Å². The first-order valence-electron chi connectivity index (χ1n) is 11.8. The third kappa shape index (κ3) is 5.68. The van der Waals surface area contributed by atoms with Gasteiger partial charge in [0.25, 0.3) is 0 Å². The SMILES string of the molecule is [C-]#[N+]c1c(SCc2ccc(OC)cc2)sc(-c2nc(Nc3ccccc3)ncc2C)c1-c1cccc(Cl)c1. The smallest absolute Gasteiger partial charge is 0.227 e. The highest BCUT2D eigenvalue weighted by molar-refractivity contribution is 8.00. The Bertz CT molecular complexity index is 1610. The molecule has 5 rings (SSSR count). The lowest BCUT2D eigenvalue weighted by Gasteiger charge is -2.11. The number of thioether (sulfide) groups is 1. The van der Waals surface area contributed by atoms with Crippen molar-refractivity contribution in [3.05, 3.63) is 113 Å². The molecule has 8 heteroatoms. The van der Waals surface area contributed by atoms with Crippen molar-refractivity contribution >= 4 is 52.0 Å². The predicted octanol–water partition coefficient (Wildman–Crippen LogP) is 9.43. The molecule has 3 aromatic carbocycles. The van der Waals surface area contributed by atoms with Gasteiger partial charge in [-0.25, -0.2) is 14.8 Å².